The van der Waals surface area contributed by atoms with Gasteiger partial charge >= 0.3 is 0 Å². The molecule has 0 radical (unpaired) electrons. The number of nitrogens with one attached hydrogen (secondary N) is 1. The Labute approximate surface area is 309 Å². The first kappa shape index (κ1) is 48.0. The molecule has 1 amide bonds. The van der Waals surface area contributed by atoms with Gasteiger partial charge in [0, 0.05) is 0 Å². The molecular weight excluding hydrogens is 618 g/mol. The van der Waals surface area contributed by atoms with Gasteiger partial charge in [0.2, 0.25) is 5.91 Å². The number of aliphatic hydroxyl groups is 3. The van der Waals surface area contributed by atoms with Gasteiger partial charge in [-0.1, -0.05) is 177 Å². The molecule has 0 aliphatic carbocycles. The van der Waals surface area contributed by atoms with Crippen molar-refractivity contribution in [2.45, 2.75) is 212 Å². The van der Waals surface area contributed by atoms with Gasteiger partial charge in [0.15, 0.2) is 0 Å². The zero-order valence-electron chi connectivity index (χ0n) is 32.8. The number of rotatable bonds is 37. The maximum absolute atomic E-state index is 12.4. The number of carbonyl (C=O) groups is 1. The van der Waals surface area contributed by atoms with Gasteiger partial charge in [-0.15, -0.1) is 0 Å². The molecular formula is C45H81NO4. The van der Waals surface area contributed by atoms with Crippen LogP contribution in [0.15, 0.2) is 60.8 Å². The highest BCUT2D eigenvalue weighted by molar-refractivity contribution is 5.76. The molecule has 0 bridgehead atoms. The summed E-state index contributed by atoms with van der Waals surface area (Å²) in [7, 11) is 0. The van der Waals surface area contributed by atoms with Crippen LogP contribution in [0, 0.1) is 0 Å². The molecule has 0 fully saturated rings. The summed E-state index contributed by atoms with van der Waals surface area (Å²) in [5, 5.41) is 33.1. The van der Waals surface area contributed by atoms with E-state index in [1.807, 2.05) is 6.08 Å². The molecule has 0 aromatic heterocycles. The largest absolute Gasteiger partial charge is 0.394 e. The monoisotopic (exact) mass is 700 g/mol. The molecule has 3 unspecified atom stereocenters. The summed E-state index contributed by atoms with van der Waals surface area (Å²) in [6.45, 7) is 4.13. The molecule has 0 saturated carbocycles. The van der Waals surface area contributed by atoms with Crippen molar-refractivity contribution in [3.8, 4) is 0 Å². The fourth-order valence-corrected chi connectivity index (χ4v) is 5.97. The van der Waals surface area contributed by atoms with Crippen molar-refractivity contribution >= 4 is 5.91 Å². The first-order valence-electron chi connectivity index (χ1n) is 21.1. The number of carbonyl (C=O) groups excluding carboxylic acids is 1. The lowest BCUT2D eigenvalue weighted by Crippen LogP contribution is -2.45. The zero-order valence-corrected chi connectivity index (χ0v) is 32.8. The highest BCUT2D eigenvalue weighted by Crippen LogP contribution is 2.13. The third kappa shape index (κ3) is 35.9. The van der Waals surface area contributed by atoms with Crippen molar-refractivity contribution in [3.63, 3.8) is 0 Å². The van der Waals surface area contributed by atoms with Gasteiger partial charge in [-0.2, -0.15) is 0 Å². The van der Waals surface area contributed by atoms with E-state index >= 15 is 0 Å². The summed E-state index contributed by atoms with van der Waals surface area (Å²) in [5.74, 6) is -0.338. The summed E-state index contributed by atoms with van der Waals surface area (Å²) in [6, 6.07) is -0.771. The quantitative estimate of drug-likeness (QED) is 0.0384. The van der Waals surface area contributed by atoms with Crippen LogP contribution in [-0.2, 0) is 4.79 Å². The van der Waals surface area contributed by atoms with Gasteiger partial charge in [0.25, 0.3) is 0 Å². The van der Waals surface area contributed by atoms with Crippen molar-refractivity contribution in [3.05, 3.63) is 60.8 Å². The number of hydrogen-bond donors (Lipinski definition) is 4. The van der Waals surface area contributed by atoms with Crippen molar-refractivity contribution in [2.24, 2.45) is 0 Å². The first-order valence-corrected chi connectivity index (χ1v) is 21.1. The number of hydrogen-bond acceptors (Lipinski definition) is 4. The van der Waals surface area contributed by atoms with Crippen molar-refractivity contribution in [1.82, 2.24) is 5.32 Å². The molecule has 290 valence electrons. The SMILES string of the molecule is CCCC/C=C/CC/C=C/CC/C=C/C(O)C(CO)NC(=O)CC(O)CCCCCCCCC/C=C\C/C=C\CCCCCCCCCCC. The van der Waals surface area contributed by atoms with Crippen molar-refractivity contribution in [2.75, 3.05) is 6.61 Å². The summed E-state index contributed by atoms with van der Waals surface area (Å²) < 4.78 is 0. The summed E-state index contributed by atoms with van der Waals surface area (Å²) >= 11 is 0. The maximum atomic E-state index is 12.4. The van der Waals surface area contributed by atoms with Gasteiger partial charge < -0.3 is 20.6 Å². The fourth-order valence-electron chi connectivity index (χ4n) is 5.97. The number of aliphatic hydroxyl groups excluding tert-OH is 3. The molecule has 3 atom stereocenters. The lowest BCUT2D eigenvalue weighted by molar-refractivity contribution is -0.124. The molecule has 5 heteroatoms. The third-order valence-electron chi connectivity index (χ3n) is 9.26. The van der Waals surface area contributed by atoms with E-state index in [1.54, 1.807) is 6.08 Å². The molecule has 0 spiro atoms. The number of unbranched alkanes of at least 4 members (excludes halogenated alkanes) is 20. The highest BCUT2D eigenvalue weighted by atomic mass is 16.3. The van der Waals surface area contributed by atoms with Crippen molar-refractivity contribution < 1.29 is 20.1 Å². The Morgan fingerprint density at radius 3 is 1.46 bits per heavy atom. The Hall–Kier alpha value is -1.95. The number of amides is 1. The molecule has 0 heterocycles. The molecule has 0 aromatic rings. The van der Waals surface area contributed by atoms with Crippen LogP contribution in [0.25, 0.3) is 0 Å². The topological polar surface area (TPSA) is 89.8 Å². The predicted octanol–water partition coefficient (Wildman–Crippen LogP) is 11.9. The molecule has 0 rings (SSSR count). The second kappa shape index (κ2) is 39.8. The molecule has 0 aromatic carbocycles. The van der Waals surface area contributed by atoms with Gasteiger partial charge in [0.1, 0.15) is 0 Å². The number of allylic oxidation sites excluding steroid dienone is 9. The highest BCUT2D eigenvalue weighted by Gasteiger charge is 2.20. The van der Waals surface area contributed by atoms with E-state index in [0.717, 1.165) is 51.4 Å². The van der Waals surface area contributed by atoms with E-state index < -0.39 is 18.2 Å². The van der Waals surface area contributed by atoms with Crippen LogP contribution >= 0.6 is 0 Å². The third-order valence-corrected chi connectivity index (χ3v) is 9.26. The fraction of sp³-hybridized carbons (Fsp3) is 0.756. The van der Waals surface area contributed by atoms with E-state index in [2.05, 4.69) is 67.8 Å². The Kier molecular flexibility index (Phi) is 38.3. The van der Waals surface area contributed by atoms with Crippen LogP contribution in [0.5, 0.6) is 0 Å². The second-order valence-electron chi connectivity index (χ2n) is 14.2. The average Bonchev–Trinajstić information content (AvgIpc) is 3.11. The Morgan fingerprint density at radius 1 is 0.520 bits per heavy atom. The van der Waals surface area contributed by atoms with Gasteiger partial charge in [0.05, 0.1) is 31.3 Å². The van der Waals surface area contributed by atoms with Gasteiger partial charge in [-0.25, -0.2) is 0 Å². The van der Waals surface area contributed by atoms with E-state index in [9.17, 15) is 20.1 Å². The van der Waals surface area contributed by atoms with Crippen LogP contribution in [0.2, 0.25) is 0 Å². The smallest absolute Gasteiger partial charge is 0.222 e. The standard InChI is InChI=1S/C45H81NO4/c1-3-5-7-9-11-13-15-17-18-19-20-21-22-23-24-25-26-27-28-30-32-34-36-38-42(48)40-45(50)46-43(41-47)44(49)39-37-35-33-31-29-16-14-12-10-8-6-4-2/h10,12,20-21,23-24,29,31,37,39,42-44,47-49H,3-9,11,13-19,22,25-28,30,32-36,38,40-41H2,1-2H3,(H,46,50)/b12-10+,21-20-,24-23-,31-29+,39-37+. The van der Waals surface area contributed by atoms with Crippen LogP contribution in [0.1, 0.15) is 194 Å². The second-order valence-corrected chi connectivity index (χ2v) is 14.2. The van der Waals surface area contributed by atoms with E-state index in [4.69, 9.17) is 0 Å². The molecule has 4 N–H and O–H groups in total. The normalized spacial score (nSPS) is 14.3. The molecule has 5 nitrogen and oxygen atoms in total. The van der Waals surface area contributed by atoms with Crippen molar-refractivity contribution in [1.29, 1.82) is 0 Å². The maximum Gasteiger partial charge on any atom is 0.222 e. The molecule has 0 aliphatic heterocycles. The minimum absolute atomic E-state index is 0.00581. The van der Waals surface area contributed by atoms with E-state index in [0.29, 0.717) is 6.42 Å². The van der Waals surface area contributed by atoms with Gasteiger partial charge in [-0.3, -0.25) is 4.79 Å². The minimum atomic E-state index is -0.962. The van der Waals surface area contributed by atoms with Crippen LogP contribution in [0.3, 0.4) is 0 Å². The molecule has 0 aliphatic rings. The lowest BCUT2D eigenvalue weighted by atomic mass is 10.0. The molecule has 50 heavy (non-hydrogen) atoms. The summed E-state index contributed by atoms with van der Waals surface area (Å²) in [5.41, 5.74) is 0. The Bertz CT molecular complexity index is 861. The minimum Gasteiger partial charge on any atom is -0.394 e. The van der Waals surface area contributed by atoms with Crippen LogP contribution < -0.4 is 5.32 Å². The predicted molar refractivity (Wildman–Crippen MR) is 217 cm³/mol. The van der Waals surface area contributed by atoms with E-state index in [1.165, 1.54) is 116 Å². The van der Waals surface area contributed by atoms with Crippen LogP contribution in [0.4, 0.5) is 0 Å². The van der Waals surface area contributed by atoms with Gasteiger partial charge in [-0.05, 0) is 70.6 Å². The summed E-state index contributed by atoms with van der Waals surface area (Å²) in [6.07, 6.45) is 52.2. The van der Waals surface area contributed by atoms with Crippen LogP contribution in [-0.4, -0.2) is 46.1 Å². The molecule has 0 saturated heterocycles. The first-order chi connectivity index (χ1) is 24.5. The average molecular weight is 700 g/mol. The lowest BCUT2D eigenvalue weighted by Gasteiger charge is -2.21. The van der Waals surface area contributed by atoms with E-state index in [-0.39, 0.29) is 18.9 Å². The zero-order chi connectivity index (χ0) is 36.6. The Morgan fingerprint density at radius 2 is 0.940 bits per heavy atom. The Balaban J connectivity index is 3.72. The summed E-state index contributed by atoms with van der Waals surface area (Å²) in [4.78, 5) is 12.4.